The predicted molar refractivity (Wildman–Crippen MR) is 70.6 cm³/mol. The van der Waals surface area contributed by atoms with Crippen molar-refractivity contribution in [2.75, 3.05) is 5.32 Å². The Hall–Kier alpha value is -2.00. The van der Waals surface area contributed by atoms with Crippen molar-refractivity contribution in [2.45, 2.75) is 32.6 Å². The smallest absolute Gasteiger partial charge is 0.227 e. The van der Waals surface area contributed by atoms with Crippen LogP contribution in [0.15, 0.2) is 23.3 Å². The highest BCUT2D eigenvalue weighted by Crippen LogP contribution is 2.30. The maximum absolute atomic E-state index is 12.0. The molecule has 1 aromatic carbocycles. The van der Waals surface area contributed by atoms with Gasteiger partial charge in [-0.05, 0) is 37.4 Å². The van der Waals surface area contributed by atoms with Gasteiger partial charge in [-0.3, -0.25) is 4.79 Å². The van der Waals surface area contributed by atoms with Crippen molar-refractivity contribution < 1.29 is 4.79 Å². The summed E-state index contributed by atoms with van der Waals surface area (Å²) in [6, 6.07) is 5.44. The maximum Gasteiger partial charge on any atom is 0.227 e. The number of carbonyl (C=O) groups is 1. The van der Waals surface area contributed by atoms with E-state index in [4.69, 9.17) is 5.53 Å². The fourth-order valence-corrected chi connectivity index (χ4v) is 2.30. The van der Waals surface area contributed by atoms with Gasteiger partial charge in [-0.15, -0.1) is 0 Å². The molecule has 1 N–H and O–H groups in total. The van der Waals surface area contributed by atoms with Gasteiger partial charge in [0, 0.05) is 10.8 Å². The lowest BCUT2D eigenvalue weighted by Crippen LogP contribution is -2.20. The van der Waals surface area contributed by atoms with E-state index in [-0.39, 0.29) is 11.8 Å². The van der Waals surface area contributed by atoms with Crippen LogP contribution in [-0.2, 0) is 4.79 Å². The van der Waals surface area contributed by atoms with Crippen molar-refractivity contribution in [3.63, 3.8) is 0 Å². The second-order valence-corrected chi connectivity index (χ2v) is 4.68. The molecule has 0 bridgehead atoms. The Morgan fingerprint density at radius 2 is 2.17 bits per heavy atom. The Balaban J connectivity index is 2.17. The van der Waals surface area contributed by atoms with E-state index in [1.807, 2.05) is 13.0 Å². The van der Waals surface area contributed by atoms with Crippen LogP contribution >= 0.6 is 0 Å². The standard InChI is InChI=1S/C13H16N4O/c1-9-6-7-11(12(8-9)16-17-14)15-13(18)10-4-2-3-5-10/h6-8,10H,2-5H2,1H3,(H,15,18). The first-order valence-corrected chi connectivity index (χ1v) is 6.17. The number of hydrogen-bond donors (Lipinski definition) is 1. The summed E-state index contributed by atoms with van der Waals surface area (Å²) in [7, 11) is 0. The minimum Gasteiger partial charge on any atom is -0.325 e. The van der Waals surface area contributed by atoms with Gasteiger partial charge in [-0.1, -0.05) is 29.6 Å². The highest BCUT2D eigenvalue weighted by atomic mass is 16.1. The van der Waals surface area contributed by atoms with Crippen molar-refractivity contribution in [3.8, 4) is 0 Å². The summed E-state index contributed by atoms with van der Waals surface area (Å²) in [5.74, 6) is 0.135. The molecule has 0 aromatic heterocycles. The van der Waals surface area contributed by atoms with E-state index in [1.54, 1.807) is 12.1 Å². The fourth-order valence-electron chi connectivity index (χ4n) is 2.30. The average molecular weight is 244 g/mol. The highest BCUT2D eigenvalue weighted by Gasteiger charge is 2.23. The third kappa shape index (κ3) is 2.81. The number of nitrogens with zero attached hydrogens (tertiary/aromatic N) is 3. The molecule has 0 heterocycles. The molecule has 1 saturated carbocycles. The molecular formula is C13H16N4O. The van der Waals surface area contributed by atoms with E-state index in [9.17, 15) is 4.79 Å². The Labute approximate surface area is 106 Å². The summed E-state index contributed by atoms with van der Waals surface area (Å²) in [5.41, 5.74) is 10.6. The summed E-state index contributed by atoms with van der Waals surface area (Å²) in [4.78, 5) is 14.8. The van der Waals surface area contributed by atoms with Crippen LogP contribution < -0.4 is 5.32 Å². The molecule has 1 aliphatic rings. The van der Waals surface area contributed by atoms with Crippen LogP contribution in [0, 0.1) is 12.8 Å². The molecule has 18 heavy (non-hydrogen) atoms. The largest absolute Gasteiger partial charge is 0.325 e. The highest BCUT2D eigenvalue weighted by molar-refractivity contribution is 5.95. The molecule has 0 spiro atoms. The molecule has 0 aliphatic heterocycles. The lowest BCUT2D eigenvalue weighted by atomic mass is 10.1. The Kier molecular flexibility index (Phi) is 3.85. The van der Waals surface area contributed by atoms with Crippen LogP contribution in [0.3, 0.4) is 0 Å². The van der Waals surface area contributed by atoms with Gasteiger partial charge in [-0.2, -0.15) is 0 Å². The number of rotatable bonds is 3. The zero-order valence-corrected chi connectivity index (χ0v) is 10.4. The van der Waals surface area contributed by atoms with Crippen molar-refractivity contribution >= 4 is 17.3 Å². The minimum atomic E-state index is 0.0331. The number of carbonyl (C=O) groups excluding carboxylic acids is 1. The van der Waals surface area contributed by atoms with E-state index in [0.29, 0.717) is 11.4 Å². The molecule has 0 unspecified atom stereocenters. The van der Waals surface area contributed by atoms with Crippen molar-refractivity contribution in [3.05, 3.63) is 34.2 Å². The summed E-state index contributed by atoms with van der Waals surface area (Å²) in [5, 5.41) is 6.47. The molecule has 0 saturated heterocycles. The van der Waals surface area contributed by atoms with Gasteiger partial charge in [0.1, 0.15) is 0 Å². The number of benzene rings is 1. The molecule has 0 atom stereocenters. The average Bonchev–Trinajstić information content (AvgIpc) is 2.86. The van der Waals surface area contributed by atoms with Gasteiger partial charge >= 0.3 is 0 Å². The zero-order chi connectivity index (χ0) is 13.0. The Bertz CT molecular complexity index is 500. The van der Waals surface area contributed by atoms with Gasteiger partial charge < -0.3 is 5.32 Å². The van der Waals surface area contributed by atoms with Gasteiger partial charge in [-0.25, -0.2) is 0 Å². The van der Waals surface area contributed by atoms with Gasteiger partial charge in [0.05, 0.1) is 11.4 Å². The van der Waals surface area contributed by atoms with Crippen LogP contribution in [0.2, 0.25) is 0 Å². The van der Waals surface area contributed by atoms with Crippen molar-refractivity contribution in [1.82, 2.24) is 0 Å². The quantitative estimate of drug-likeness (QED) is 0.485. The molecule has 2 rings (SSSR count). The number of azide groups is 1. The van der Waals surface area contributed by atoms with Gasteiger partial charge in [0.2, 0.25) is 5.91 Å². The van der Waals surface area contributed by atoms with E-state index in [0.717, 1.165) is 31.2 Å². The monoisotopic (exact) mass is 244 g/mol. The number of anilines is 1. The van der Waals surface area contributed by atoms with Crippen LogP contribution in [0.4, 0.5) is 11.4 Å². The predicted octanol–water partition coefficient (Wildman–Crippen LogP) is 4.07. The second kappa shape index (κ2) is 5.56. The molecule has 1 amide bonds. The molecule has 1 aromatic rings. The summed E-state index contributed by atoms with van der Waals surface area (Å²) < 4.78 is 0. The van der Waals surface area contributed by atoms with E-state index in [1.165, 1.54) is 0 Å². The maximum atomic E-state index is 12.0. The molecule has 94 valence electrons. The normalized spacial score (nSPS) is 15.2. The molecule has 1 aliphatic carbocycles. The summed E-state index contributed by atoms with van der Waals surface area (Å²) >= 11 is 0. The number of hydrogen-bond acceptors (Lipinski definition) is 2. The number of nitrogens with one attached hydrogen (secondary N) is 1. The van der Waals surface area contributed by atoms with Crippen LogP contribution in [0.5, 0.6) is 0 Å². The molecule has 5 nitrogen and oxygen atoms in total. The summed E-state index contributed by atoms with van der Waals surface area (Å²) in [6.07, 6.45) is 4.15. The Morgan fingerprint density at radius 1 is 1.44 bits per heavy atom. The molecule has 1 fully saturated rings. The topological polar surface area (TPSA) is 77.9 Å². The first-order valence-electron chi connectivity index (χ1n) is 6.17. The number of amides is 1. The van der Waals surface area contributed by atoms with Gasteiger partial charge in [0.15, 0.2) is 0 Å². The van der Waals surface area contributed by atoms with Crippen LogP contribution in [0.1, 0.15) is 31.2 Å². The fraction of sp³-hybridized carbons (Fsp3) is 0.462. The van der Waals surface area contributed by atoms with Crippen molar-refractivity contribution in [2.24, 2.45) is 11.0 Å². The van der Waals surface area contributed by atoms with E-state index in [2.05, 4.69) is 15.3 Å². The SMILES string of the molecule is Cc1ccc(NC(=O)C2CCCC2)c(N=[N+]=[N-])c1. The first-order chi connectivity index (χ1) is 8.70. The molecule has 5 heteroatoms. The zero-order valence-electron chi connectivity index (χ0n) is 10.4. The molecular weight excluding hydrogens is 228 g/mol. The lowest BCUT2D eigenvalue weighted by Gasteiger charge is -2.12. The lowest BCUT2D eigenvalue weighted by molar-refractivity contribution is -0.119. The van der Waals surface area contributed by atoms with Crippen molar-refractivity contribution in [1.29, 1.82) is 0 Å². The minimum absolute atomic E-state index is 0.0331. The van der Waals surface area contributed by atoms with E-state index >= 15 is 0 Å². The molecule has 0 radical (unpaired) electrons. The van der Waals surface area contributed by atoms with Crippen LogP contribution in [-0.4, -0.2) is 5.91 Å². The number of aryl methyl sites for hydroxylation is 1. The third-order valence-electron chi connectivity index (χ3n) is 3.29. The van der Waals surface area contributed by atoms with Crippen LogP contribution in [0.25, 0.3) is 10.4 Å². The first kappa shape index (κ1) is 12.5. The Morgan fingerprint density at radius 3 is 2.83 bits per heavy atom. The van der Waals surface area contributed by atoms with E-state index < -0.39 is 0 Å². The summed E-state index contributed by atoms with van der Waals surface area (Å²) in [6.45, 7) is 1.92. The third-order valence-corrected chi connectivity index (χ3v) is 3.29. The second-order valence-electron chi connectivity index (χ2n) is 4.68. The van der Waals surface area contributed by atoms with Gasteiger partial charge in [0.25, 0.3) is 0 Å².